The van der Waals surface area contributed by atoms with E-state index in [-0.39, 0.29) is 11.5 Å². The number of nitrogens with one attached hydrogen (secondary N) is 1. The third-order valence-electron chi connectivity index (χ3n) is 3.19. The largest absolute Gasteiger partial charge is 0.504 e. The van der Waals surface area contributed by atoms with Crippen molar-refractivity contribution in [3.63, 3.8) is 0 Å². The highest BCUT2D eigenvalue weighted by Gasteiger charge is 2.16. The van der Waals surface area contributed by atoms with Gasteiger partial charge in [-0.15, -0.1) is 0 Å². The molecule has 0 bridgehead atoms. The summed E-state index contributed by atoms with van der Waals surface area (Å²) in [7, 11) is 0. The molecule has 3 nitrogen and oxygen atoms in total. The van der Waals surface area contributed by atoms with Crippen molar-refractivity contribution in [1.29, 1.82) is 0 Å². The van der Waals surface area contributed by atoms with Crippen LogP contribution in [0.15, 0.2) is 12.1 Å². The van der Waals surface area contributed by atoms with E-state index in [0.717, 1.165) is 23.7 Å². The summed E-state index contributed by atoms with van der Waals surface area (Å²) in [5.41, 5.74) is 3.50. The van der Waals surface area contributed by atoms with E-state index < -0.39 is 0 Å². The monoisotopic (exact) mass is 203 g/mol. The first-order chi connectivity index (χ1) is 7.25. The smallest absolute Gasteiger partial charge is 0.159 e. The number of benzene rings is 1. The van der Waals surface area contributed by atoms with Gasteiger partial charge in [-0.2, -0.15) is 0 Å². The van der Waals surface area contributed by atoms with E-state index in [4.69, 9.17) is 0 Å². The number of H-pyrrole nitrogens is 1. The zero-order valence-electron chi connectivity index (χ0n) is 8.38. The minimum Gasteiger partial charge on any atom is -0.504 e. The molecule has 0 saturated carbocycles. The van der Waals surface area contributed by atoms with Crippen LogP contribution in [0.3, 0.4) is 0 Å². The van der Waals surface area contributed by atoms with Crippen LogP contribution >= 0.6 is 0 Å². The average Bonchev–Trinajstić information content (AvgIpc) is 2.57. The van der Waals surface area contributed by atoms with Gasteiger partial charge in [0.25, 0.3) is 0 Å². The molecule has 2 aromatic rings. The lowest BCUT2D eigenvalue weighted by molar-refractivity contribution is 0.405. The predicted octanol–water partition coefficient (Wildman–Crippen LogP) is 2.46. The van der Waals surface area contributed by atoms with Gasteiger partial charge in [-0.05, 0) is 37.3 Å². The van der Waals surface area contributed by atoms with Crippen LogP contribution in [0.2, 0.25) is 0 Å². The van der Waals surface area contributed by atoms with Crippen LogP contribution in [0, 0.1) is 0 Å². The number of aryl methyl sites for hydroxylation is 2. The topological polar surface area (TPSA) is 56.2 Å². The Morgan fingerprint density at radius 2 is 1.73 bits per heavy atom. The third kappa shape index (κ3) is 1.19. The van der Waals surface area contributed by atoms with E-state index in [2.05, 4.69) is 4.98 Å². The Bertz CT molecular complexity index is 528. The summed E-state index contributed by atoms with van der Waals surface area (Å²) in [6.07, 6.45) is 4.57. The minimum absolute atomic E-state index is 0.0325. The second-order valence-corrected chi connectivity index (χ2v) is 4.18. The second-order valence-electron chi connectivity index (χ2n) is 4.18. The number of hydrogen-bond donors (Lipinski definition) is 3. The van der Waals surface area contributed by atoms with Gasteiger partial charge in [0, 0.05) is 22.7 Å². The third-order valence-corrected chi connectivity index (χ3v) is 3.19. The Kier molecular flexibility index (Phi) is 1.69. The molecule has 0 aliphatic heterocycles. The lowest BCUT2D eigenvalue weighted by Crippen LogP contribution is -1.99. The zero-order valence-corrected chi connectivity index (χ0v) is 8.38. The van der Waals surface area contributed by atoms with Gasteiger partial charge in [0.1, 0.15) is 0 Å². The van der Waals surface area contributed by atoms with Crippen LogP contribution in [0.5, 0.6) is 11.5 Å². The SMILES string of the molecule is Oc1cc2[nH]c3c(c2cc1O)CCCC3. The highest BCUT2D eigenvalue weighted by molar-refractivity contribution is 5.88. The van der Waals surface area contributed by atoms with E-state index in [9.17, 15) is 10.2 Å². The van der Waals surface area contributed by atoms with Crippen LogP contribution in [-0.4, -0.2) is 15.2 Å². The highest BCUT2D eigenvalue weighted by Crippen LogP contribution is 2.35. The molecule has 1 aliphatic carbocycles. The number of phenols is 2. The Morgan fingerprint density at radius 3 is 2.60 bits per heavy atom. The molecule has 3 heteroatoms. The molecule has 0 atom stereocenters. The van der Waals surface area contributed by atoms with Crippen molar-refractivity contribution >= 4 is 10.9 Å². The van der Waals surface area contributed by atoms with Gasteiger partial charge in [0.2, 0.25) is 0 Å². The molecule has 0 spiro atoms. The van der Waals surface area contributed by atoms with E-state index >= 15 is 0 Å². The molecule has 78 valence electrons. The molecule has 1 aromatic heterocycles. The average molecular weight is 203 g/mol. The number of aromatic nitrogens is 1. The lowest BCUT2D eigenvalue weighted by Gasteiger charge is -2.10. The molecule has 0 saturated heterocycles. The summed E-state index contributed by atoms with van der Waals surface area (Å²) in [5.74, 6) is -0.0871. The molecule has 0 amide bonds. The maximum Gasteiger partial charge on any atom is 0.159 e. The number of phenolic OH excluding ortho intramolecular Hbond substituents is 2. The highest BCUT2D eigenvalue weighted by atomic mass is 16.3. The van der Waals surface area contributed by atoms with Gasteiger partial charge >= 0.3 is 0 Å². The van der Waals surface area contributed by atoms with Crippen molar-refractivity contribution in [1.82, 2.24) is 4.98 Å². The zero-order chi connectivity index (χ0) is 10.4. The van der Waals surface area contributed by atoms with Crippen LogP contribution in [0.25, 0.3) is 10.9 Å². The molecule has 1 aromatic carbocycles. The number of hydrogen-bond acceptors (Lipinski definition) is 2. The molecule has 15 heavy (non-hydrogen) atoms. The molecule has 0 unspecified atom stereocenters. The summed E-state index contributed by atoms with van der Waals surface area (Å²) in [5, 5.41) is 19.9. The Hall–Kier alpha value is -1.64. The van der Waals surface area contributed by atoms with Gasteiger partial charge in [-0.1, -0.05) is 0 Å². The van der Waals surface area contributed by atoms with Gasteiger partial charge in [-0.25, -0.2) is 0 Å². The van der Waals surface area contributed by atoms with Crippen LogP contribution in [-0.2, 0) is 12.8 Å². The summed E-state index contributed by atoms with van der Waals surface area (Å²) >= 11 is 0. The number of aromatic hydroxyl groups is 2. The van der Waals surface area contributed by atoms with Crippen molar-refractivity contribution < 1.29 is 10.2 Å². The van der Waals surface area contributed by atoms with Gasteiger partial charge in [-0.3, -0.25) is 0 Å². The summed E-state index contributed by atoms with van der Waals surface area (Å²) < 4.78 is 0. The molecular formula is C12H13NO2. The van der Waals surface area contributed by atoms with Crippen LogP contribution < -0.4 is 0 Å². The fourth-order valence-corrected chi connectivity index (χ4v) is 2.43. The van der Waals surface area contributed by atoms with Crippen LogP contribution in [0.1, 0.15) is 24.1 Å². The van der Waals surface area contributed by atoms with Crippen LogP contribution in [0.4, 0.5) is 0 Å². The molecule has 3 N–H and O–H groups in total. The van der Waals surface area contributed by atoms with E-state index in [1.807, 2.05) is 0 Å². The summed E-state index contributed by atoms with van der Waals surface area (Å²) in [6.45, 7) is 0. The summed E-state index contributed by atoms with van der Waals surface area (Å²) in [6, 6.07) is 3.26. The van der Waals surface area contributed by atoms with Crippen molar-refractivity contribution in [2.45, 2.75) is 25.7 Å². The standard InChI is InChI=1S/C12H13NO2/c14-11-5-8-7-3-1-2-4-9(7)13-10(8)6-12(11)15/h5-6,13-15H,1-4H2. The second kappa shape index (κ2) is 2.92. The van der Waals surface area contributed by atoms with E-state index in [0.29, 0.717) is 0 Å². The first kappa shape index (κ1) is 8.65. The lowest BCUT2D eigenvalue weighted by atomic mass is 9.95. The normalized spacial score (nSPS) is 15.5. The molecular weight excluding hydrogens is 190 g/mol. The molecule has 3 rings (SSSR count). The maximum absolute atomic E-state index is 9.47. The van der Waals surface area contributed by atoms with Crippen molar-refractivity contribution in [2.24, 2.45) is 0 Å². The Balaban J connectivity index is 2.33. The maximum atomic E-state index is 9.47. The summed E-state index contributed by atoms with van der Waals surface area (Å²) in [4.78, 5) is 3.31. The first-order valence-electron chi connectivity index (χ1n) is 5.31. The van der Waals surface area contributed by atoms with E-state index in [1.54, 1.807) is 12.1 Å². The quantitative estimate of drug-likeness (QED) is 0.576. The number of rotatable bonds is 0. The molecule has 0 radical (unpaired) electrons. The van der Waals surface area contributed by atoms with Crippen molar-refractivity contribution in [3.05, 3.63) is 23.4 Å². The fourth-order valence-electron chi connectivity index (χ4n) is 2.43. The number of fused-ring (bicyclic) bond motifs is 3. The molecule has 0 fully saturated rings. The predicted molar refractivity (Wildman–Crippen MR) is 58.3 cm³/mol. The number of aromatic amines is 1. The van der Waals surface area contributed by atoms with Gasteiger partial charge < -0.3 is 15.2 Å². The first-order valence-corrected chi connectivity index (χ1v) is 5.31. The Labute approximate surface area is 87.4 Å². The minimum atomic E-state index is -0.0545. The fraction of sp³-hybridized carbons (Fsp3) is 0.333. The van der Waals surface area contributed by atoms with E-state index in [1.165, 1.54) is 24.1 Å². The van der Waals surface area contributed by atoms with Gasteiger partial charge in [0.05, 0.1) is 0 Å². The molecule has 1 heterocycles. The van der Waals surface area contributed by atoms with Crippen molar-refractivity contribution in [3.8, 4) is 11.5 Å². The molecule has 1 aliphatic rings. The van der Waals surface area contributed by atoms with Gasteiger partial charge in [0.15, 0.2) is 11.5 Å². The Morgan fingerprint density at radius 1 is 1.00 bits per heavy atom. The van der Waals surface area contributed by atoms with Crippen molar-refractivity contribution in [2.75, 3.05) is 0 Å².